The van der Waals surface area contributed by atoms with E-state index in [0.29, 0.717) is 0 Å². The molecular weight excluding hydrogens is 675 g/mol. The average Bonchev–Trinajstić information content (AvgIpc) is 2.84. The summed E-state index contributed by atoms with van der Waals surface area (Å²) in [5.74, 6) is -3.40. The summed E-state index contributed by atoms with van der Waals surface area (Å²) in [4.78, 5) is 0. The topological polar surface area (TPSA) is 130 Å². The molecule has 0 saturated carbocycles. The molecule has 3 aromatic rings. The van der Waals surface area contributed by atoms with E-state index < -0.39 is 70.0 Å². The molecule has 3 rings (SSSR count). The first-order valence-corrected chi connectivity index (χ1v) is 15.0. The maximum Gasteiger partial charge on any atom is 0.534 e. The highest BCUT2D eigenvalue weighted by Gasteiger charge is 2.50. The van der Waals surface area contributed by atoms with Crippen molar-refractivity contribution in [1.82, 2.24) is 0 Å². The summed E-state index contributed by atoms with van der Waals surface area (Å²) in [7, 11) is -18.1. The van der Waals surface area contributed by atoms with Gasteiger partial charge >= 0.3 is 46.9 Å². The molecule has 0 heterocycles. The Morgan fingerprint density at radius 1 is 0.395 bits per heavy atom. The summed E-state index contributed by atoms with van der Waals surface area (Å²) >= 11 is 0. The van der Waals surface area contributed by atoms with Crippen LogP contribution >= 0.6 is 0 Å². The normalized spacial score (nSPS) is 13.5. The minimum Gasteiger partial charge on any atom is -0.376 e. The molecule has 21 heteroatoms. The molecule has 0 N–H and O–H groups in total. The highest BCUT2D eigenvalue weighted by Crippen LogP contribution is 2.37. The first-order valence-electron chi connectivity index (χ1n) is 10.8. The molecule has 0 bridgehead atoms. The van der Waals surface area contributed by atoms with Crippen molar-refractivity contribution in [3.8, 4) is 17.2 Å². The molecule has 0 amide bonds. The van der Waals surface area contributed by atoms with Gasteiger partial charge in [-0.15, -0.1) is 0 Å². The molecule has 3 aromatic carbocycles. The lowest BCUT2D eigenvalue weighted by Crippen LogP contribution is -2.28. The highest BCUT2D eigenvalue weighted by atomic mass is 32.2. The van der Waals surface area contributed by atoms with Gasteiger partial charge in [0.25, 0.3) is 0 Å². The van der Waals surface area contributed by atoms with Crippen LogP contribution in [0.5, 0.6) is 17.2 Å². The lowest BCUT2D eigenvalue weighted by Gasteiger charge is -2.20. The molecule has 0 atom stereocenters. The van der Waals surface area contributed by atoms with Crippen molar-refractivity contribution in [2.45, 2.75) is 22.4 Å². The zero-order chi connectivity index (χ0) is 32.6. The van der Waals surface area contributed by atoms with Crippen LogP contribution in [0.4, 0.5) is 39.5 Å². The Morgan fingerprint density at radius 2 is 0.581 bits per heavy atom. The molecule has 43 heavy (non-hydrogen) atoms. The predicted octanol–water partition coefficient (Wildman–Crippen LogP) is 5.55. The average molecular weight is 689 g/mol. The van der Waals surface area contributed by atoms with Gasteiger partial charge in [0.1, 0.15) is 17.2 Å². The fraction of sp³-hybridized carbons (Fsp3) is 0.182. The molecule has 0 aliphatic heterocycles. The van der Waals surface area contributed by atoms with Gasteiger partial charge < -0.3 is 12.5 Å². The lowest BCUT2D eigenvalue weighted by molar-refractivity contribution is -0.0504. The van der Waals surface area contributed by atoms with Crippen LogP contribution in [0.3, 0.4) is 0 Å². The molecule has 0 aromatic heterocycles. The van der Waals surface area contributed by atoms with Crippen LogP contribution in [-0.4, -0.2) is 41.8 Å². The fourth-order valence-corrected chi connectivity index (χ4v) is 4.62. The second-order valence-electron chi connectivity index (χ2n) is 8.09. The van der Waals surface area contributed by atoms with Crippen LogP contribution in [-0.2, 0) is 30.4 Å². The van der Waals surface area contributed by atoms with Crippen molar-refractivity contribution in [1.29, 1.82) is 0 Å². The van der Waals surface area contributed by atoms with Crippen molar-refractivity contribution >= 4 is 30.4 Å². The molecule has 0 spiro atoms. The second kappa shape index (κ2) is 11.4. The first kappa shape index (κ1) is 33.8. The van der Waals surface area contributed by atoms with Gasteiger partial charge in [-0.1, -0.05) is 36.4 Å². The monoisotopic (exact) mass is 688 g/mol. The van der Waals surface area contributed by atoms with Gasteiger partial charge in [-0.3, -0.25) is 0 Å². The second-order valence-corrected chi connectivity index (χ2v) is 12.7. The molecule has 9 nitrogen and oxygen atoms in total. The van der Waals surface area contributed by atoms with Crippen molar-refractivity contribution in [3.63, 3.8) is 0 Å². The Balaban J connectivity index is 2.02. The summed E-state index contributed by atoms with van der Waals surface area (Å²) in [6.07, 6.45) is 0. The molecule has 0 unspecified atom stereocenters. The lowest BCUT2D eigenvalue weighted by atomic mass is 9.85. The maximum absolute atomic E-state index is 12.6. The van der Waals surface area contributed by atoms with Crippen molar-refractivity contribution in [2.24, 2.45) is 0 Å². The molecule has 236 valence electrons. The van der Waals surface area contributed by atoms with E-state index in [9.17, 15) is 64.8 Å². The number of hydrogen-bond donors (Lipinski definition) is 0. The first-order chi connectivity index (χ1) is 19.4. The molecule has 0 fully saturated rings. The van der Waals surface area contributed by atoms with Crippen molar-refractivity contribution in [3.05, 3.63) is 89.5 Å². The molecular formula is C22H13F9O9S3. The van der Waals surface area contributed by atoms with Gasteiger partial charge in [-0.25, -0.2) is 0 Å². The van der Waals surface area contributed by atoms with Crippen LogP contribution in [0.25, 0.3) is 0 Å². The van der Waals surface area contributed by atoms with E-state index in [4.69, 9.17) is 0 Å². The molecule has 0 aliphatic rings. The maximum atomic E-state index is 12.6. The van der Waals surface area contributed by atoms with Crippen molar-refractivity contribution in [2.75, 3.05) is 0 Å². The Bertz CT molecular complexity index is 1550. The van der Waals surface area contributed by atoms with Gasteiger partial charge in [0, 0.05) is 5.92 Å². The molecule has 0 aliphatic carbocycles. The highest BCUT2D eigenvalue weighted by molar-refractivity contribution is 7.88. The number of halogens is 9. The van der Waals surface area contributed by atoms with Crippen LogP contribution in [0, 0.1) is 0 Å². The number of hydrogen-bond acceptors (Lipinski definition) is 9. The summed E-state index contributed by atoms with van der Waals surface area (Å²) in [6, 6.07) is 11.3. The predicted molar refractivity (Wildman–Crippen MR) is 127 cm³/mol. The molecule has 0 saturated heterocycles. The van der Waals surface area contributed by atoms with Gasteiger partial charge in [-0.05, 0) is 53.1 Å². The van der Waals surface area contributed by atoms with Gasteiger partial charge in [-0.2, -0.15) is 64.8 Å². The van der Waals surface area contributed by atoms with Crippen LogP contribution in [0.1, 0.15) is 22.6 Å². The minimum atomic E-state index is -6.04. The van der Waals surface area contributed by atoms with E-state index in [0.717, 1.165) is 72.8 Å². The summed E-state index contributed by atoms with van der Waals surface area (Å²) < 4.78 is 193. The van der Waals surface area contributed by atoms with Gasteiger partial charge in [0.05, 0.1) is 0 Å². The summed E-state index contributed by atoms with van der Waals surface area (Å²) in [5.41, 5.74) is -16.9. The zero-order valence-electron chi connectivity index (χ0n) is 20.3. The zero-order valence-corrected chi connectivity index (χ0v) is 22.8. The Labute approximate surface area is 236 Å². The van der Waals surface area contributed by atoms with Gasteiger partial charge in [0.2, 0.25) is 0 Å². The fourth-order valence-electron chi connectivity index (χ4n) is 3.25. The minimum absolute atomic E-state index is 0.130. The standard InChI is InChI=1S/C22H13F9O9S3/c23-20(24,25)41(32,33)38-16-7-1-13(2-8-16)19(14-3-9-17(10-4-14)39-42(34,35)21(26,27)28)15-5-11-18(12-6-15)40-43(36,37)22(29,30)31/h1-12,19H. The van der Waals surface area contributed by atoms with Crippen LogP contribution < -0.4 is 12.5 Å². The number of benzene rings is 3. The van der Waals surface area contributed by atoms with E-state index in [1.54, 1.807) is 0 Å². The molecule has 0 radical (unpaired) electrons. The van der Waals surface area contributed by atoms with Crippen molar-refractivity contribution < 1.29 is 77.3 Å². The quantitative estimate of drug-likeness (QED) is 0.123. The number of rotatable bonds is 9. The summed E-state index contributed by atoms with van der Waals surface area (Å²) in [5, 5.41) is 0. The van der Waals surface area contributed by atoms with E-state index in [1.165, 1.54) is 0 Å². The Hall–Kier alpha value is -3.72. The SMILES string of the molecule is O=S(=O)(Oc1ccc(C(c2ccc(OS(=O)(=O)C(F)(F)F)cc2)c2ccc(OS(=O)(=O)C(F)(F)F)cc2)cc1)C(F)(F)F. The van der Waals surface area contributed by atoms with E-state index in [1.807, 2.05) is 0 Å². The van der Waals surface area contributed by atoms with Gasteiger partial charge in [0.15, 0.2) is 0 Å². The van der Waals surface area contributed by atoms with E-state index in [-0.39, 0.29) is 16.7 Å². The summed E-state index contributed by atoms with van der Waals surface area (Å²) in [6.45, 7) is 0. The van der Waals surface area contributed by atoms with Crippen LogP contribution in [0.2, 0.25) is 0 Å². The smallest absolute Gasteiger partial charge is 0.376 e. The third-order valence-electron chi connectivity index (χ3n) is 5.11. The number of alkyl halides is 9. The van der Waals surface area contributed by atoms with E-state index >= 15 is 0 Å². The Kier molecular flexibility index (Phi) is 8.96. The third-order valence-corrected chi connectivity index (χ3v) is 8.04. The van der Waals surface area contributed by atoms with E-state index in [2.05, 4.69) is 12.5 Å². The van der Waals surface area contributed by atoms with Crippen LogP contribution in [0.15, 0.2) is 72.8 Å². The third kappa shape index (κ3) is 7.82. The largest absolute Gasteiger partial charge is 0.534 e. The Morgan fingerprint density at radius 3 is 0.744 bits per heavy atom.